The molecule has 1 atom stereocenters. The minimum Gasteiger partial charge on any atom is -0.380 e. The lowest BCUT2D eigenvalue weighted by atomic mass is 10.0. The van der Waals surface area contributed by atoms with Crippen LogP contribution in [0.25, 0.3) is 0 Å². The number of likely N-dealkylation sites (tertiary alicyclic amines) is 1. The Labute approximate surface area is 140 Å². The fourth-order valence-corrected chi connectivity index (χ4v) is 3.51. The molecule has 2 heterocycles. The van der Waals surface area contributed by atoms with E-state index in [1.54, 1.807) is 6.20 Å². The lowest BCUT2D eigenvalue weighted by molar-refractivity contribution is 0.0635. The van der Waals surface area contributed by atoms with Crippen molar-refractivity contribution in [2.24, 2.45) is 0 Å². The van der Waals surface area contributed by atoms with Crippen molar-refractivity contribution >= 4 is 28.1 Å². The molecule has 6 heteroatoms. The molecule has 0 aliphatic carbocycles. The zero-order valence-corrected chi connectivity index (χ0v) is 14.1. The molecule has 3 rings (SSSR count). The Morgan fingerprint density at radius 3 is 2.83 bits per heavy atom. The number of carbonyl (C=O) groups is 1. The van der Waals surface area contributed by atoms with Crippen LogP contribution in [0, 0.1) is 0 Å². The van der Waals surface area contributed by atoms with Gasteiger partial charge in [0.05, 0.1) is 6.54 Å². The summed E-state index contributed by atoms with van der Waals surface area (Å²) in [5.41, 5.74) is 7.36. The minimum atomic E-state index is 0.138. The maximum Gasteiger partial charge on any atom is 0.254 e. The van der Waals surface area contributed by atoms with Crippen LogP contribution < -0.4 is 11.1 Å². The van der Waals surface area contributed by atoms with E-state index in [1.807, 2.05) is 29.2 Å². The highest BCUT2D eigenvalue weighted by atomic mass is 32.1. The summed E-state index contributed by atoms with van der Waals surface area (Å²) in [5.74, 6) is 0.138. The quantitative estimate of drug-likeness (QED) is 0.902. The van der Waals surface area contributed by atoms with E-state index in [1.165, 1.54) is 17.8 Å². The van der Waals surface area contributed by atoms with Gasteiger partial charge < -0.3 is 16.0 Å². The van der Waals surface area contributed by atoms with Crippen molar-refractivity contribution in [3.05, 3.63) is 40.9 Å². The van der Waals surface area contributed by atoms with Crippen molar-refractivity contribution in [3.63, 3.8) is 0 Å². The van der Waals surface area contributed by atoms with Crippen LogP contribution in [0.5, 0.6) is 0 Å². The van der Waals surface area contributed by atoms with Crippen LogP contribution in [0.4, 0.5) is 10.8 Å². The molecular formula is C17H22N4OS. The molecule has 0 bridgehead atoms. The van der Waals surface area contributed by atoms with Gasteiger partial charge in [-0.25, -0.2) is 4.98 Å². The van der Waals surface area contributed by atoms with Crippen molar-refractivity contribution < 1.29 is 4.79 Å². The molecule has 2 aromatic rings. The summed E-state index contributed by atoms with van der Waals surface area (Å²) in [6.07, 6.45) is 5.20. The second kappa shape index (κ2) is 7.00. The maximum absolute atomic E-state index is 12.6. The Kier molecular flexibility index (Phi) is 4.81. The first-order chi connectivity index (χ1) is 11.1. The number of amides is 1. The fraction of sp³-hybridized carbons (Fsp3) is 0.412. The van der Waals surface area contributed by atoms with Crippen LogP contribution >= 0.6 is 11.3 Å². The smallest absolute Gasteiger partial charge is 0.254 e. The van der Waals surface area contributed by atoms with E-state index in [0.29, 0.717) is 17.7 Å². The highest BCUT2D eigenvalue weighted by Crippen LogP contribution is 2.21. The van der Waals surface area contributed by atoms with Crippen LogP contribution in [-0.2, 0) is 6.54 Å². The van der Waals surface area contributed by atoms with Gasteiger partial charge in [0.2, 0.25) is 0 Å². The summed E-state index contributed by atoms with van der Waals surface area (Å²) >= 11 is 1.48. The lowest BCUT2D eigenvalue weighted by Crippen LogP contribution is -2.41. The van der Waals surface area contributed by atoms with Crippen LogP contribution in [0.2, 0.25) is 0 Å². The molecule has 1 aliphatic heterocycles. The van der Waals surface area contributed by atoms with E-state index in [9.17, 15) is 4.79 Å². The minimum absolute atomic E-state index is 0.138. The summed E-state index contributed by atoms with van der Waals surface area (Å²) in [7, 11) is 0. The summed E-state index contributed by atoms with van der Waals surface area (Å²) in [5, 5.41) is 3.90. The van der Waals surface area contributed by atoms with Crippen molar-refractivity contribution in [3.8, 4) is 0 Å². The number of nitrogens with zero attached hydrogens (tertiary/aromatic N) is 2. The van der Waals surface area contributed by atoms with Crippen LogP contribution in [-0.4, -0.2) is 28.4 Å². The number of benzene rings is 1. The number of aromatic nitrogens is 1. The molecule has 3 N–H and O–H groups in total. The Hall–Kier alpha value is -2.08. The standard InChI is InChI=1S/C17H22N4OS/c1-12-4-2-3-9-21(12)16(22)13-5-7-14(8-6-13)19-10-15-11-20-17(18)23-15/h5-8,11-12,19H,2-4,9-10H2,1H3,(H2,18,20). The maximum atomic E-state index is 12.6. The van der Waals surface area contributed by atoms with Gasteiger partial charge in [-0.15, -0.1) is 11.3 Å². The van der Waals surface area contributed by atoms with Gasteiger partial charge in [-0.2, -0.15) is 0 Å². The Morgan fingerprint density at radius 2 is 2.17 bits per heavy atom. The molecule has 1 fully saturated rings. The first kappa shape index (κ1) is 15.8. The molecule has 1 amide bonds. The van der Waals surface area contributed by atoms with Gasteiger partial charge in [0.1, 0.15) is 0 Å². The molecule has 0 spiro atoms. The number of nitrogen functional groups attached to an aromatic ring is 1. The van der Waals surface area contributed by atoms with Crippen molar-refractivity contribution in [2.75, 3.05) is 17.6 Å². The molecule has 122 valence electrons. The predicted octanol–water partition coefficient (Wildman–Crippen LogP) is 3.35. The van der Waals surface area contributed by atoms with E-state index in [0.717, 1.165) is 35.5 Å². The monoisotopic (exact) mass is 330 g/mol. The third-order valence-corrected chi connectivity index (χ3v) is 5.06. The number of nitrogens with two attached hydrogens (primary N) is 1. The Bertz CT molecular complexity index is 667. The zero-order valence-electron chi connectivity index (χ0n) is 13.3. The van der Waals surface area contributed by atoms with E-state index in [4.69, 9.17) is 5.73 Å². The highest BCUT2D eigenvalue weighted by molar-refractivity contribution is 7.15. The molecule has 1 unspecified atom stereocenters. The average Bonchev–Trinajstić information content (AvgIpc) is 2.99. The SMILES string of the molecule is CC1CCCCN1C(=O)c1ccc(NCc2cnc(N)s2)cc1. The molecule has 1 aromatic carbocycles. The van der Waals surface area contributed by atoms with Gasteiger partial charge in [0.15, 0.2) is 5.13 Å². The summed E-state index contributed by atoms with van der Waals surface area (Å²) in [6, 6.07) is 8.03. The van der Waals surface area contributed by atoms with E-state index in [2.05, 4.69) is 17.2 Å². The topological polar surface area (TPSA) is 71.2 Å². The van der Waals surface area contributed by atoms with Crippen molar-refractivity contribution in [2.45, 2.75) is 38.8 Å². The zero-order chi connectivity index (χ0) is 16.2. The van der Waals surface area contributed by atoms with Crippen LogP contribution in [0.15, 0.2) is 30.5 Å². The highest BCUT2D eigenvalue weighted by Gasteiger charge is 2.23. The molecule has 23 heavy (non-hydrogen) atoms. The average molecular weight is 330 g/mol. The number of nitrogens with one attached hydrogen (secondary N) is 1. The fourth-order valence-electron chi connectivity index (χ4n) is 2.89. The third kappa shape index (κ3) is 3.82. The number of rotatable bonds is 4. The lowest BCUT2D eigenvalue weighted by Gasteiger charge is -2.33. The molecule has 1 aromatic heterocycles. The normalized spacial score (nSPS) is 18.0. The summed E-state index contributed by atoms with van der Waals surface area (Å²) in [6.45, 7) is 3.69. The Morgan fingerprint density at radius 1 is 1.39 bits per heavy atom. The van der Waals surface area contributed by atoms with Crippen LogP contribution in [0.1, 0.15) is 41.4 Å². The van der Waals surface area contributed by atoms with E-state index < -0.39 is 0 Å². The number of hydrogen-bond donors (Lipinski definition) is 2. The van der Waals surface area contributed by atoms with Gasteiger partial charge in [-0.1, -0.05) is 0 Å². The van der Waals surface area contributed by atoms with Gasteiger partial charge in [0.25, 0.3) is 5.91 Å². The van der Waals surface area contributed by atoms with Crippen molar-refractivity contribution in [1.82, 2.24) is 9.88 Å². The van der Waals surface area contributed by atoms with Crippen molar-refractivity contribution in [1.29, 1.82) is 0 Å². The van der Waals surface area contributed by atoms with Gasteiger partial charge >= 0.3 is 0 Å². The largest absolute Gasteiger partial charge is 0.380 e. The molecule has 1 saturated heterocycles. The van der Waals surface area contributed by atoms with E-state index in [-0.39, 0.29) is 5.91 Å². The van der Waals surface area contributed by atoms with E-state index >= 15 is 0 Å². The van der Waals surface area contributed by atoms with Gasteiger partial charge in [-0.05, 0) is 50.5 Å². The van der Waals surface area contributed by atoms with Gasteiger partial charge in [-0.3, -0.25) is 4.79 Å². The predicted molar refractivity (Wildman–Crippen MR) is 94.6 cm³/mol. The molecule has 5 nitrogen and oxygen atoms in total. The molecular weight excluding hydrogens is 308 g/mol. The number of hydrogen-bond acceptors (Lipinski definition) is 5. The number of thiazole rings is 1. The Balaban J connectivity index is 1.61. The van der Waals surface area contributed by atoms with Gasteiger partial charge in [0, 0.05) is 34.9 Å². The number of carbonyl (C=O) groups excluding carboxylic acids is 1. The number of piperidine rings is 1. The number of anilines is 2. The molecule has 0 saturated carbocycles. The van der Waals surface area contributed by atoms with Crippen LogP contribution in [0.3, 0.4) is 0 Å². The molecule has 0 radical (unpaired) electrons. The second-order valence-corrected chi connectivity index (χ2v) is 7.09. The first-order valence-corrected chi connectivity index (χ1v) is 8.80. The second-order valence-electron chi connectivity index (χ2n) is 5.94. The summed E-state index contributed by atoms with van der Waals surface area (Å²) < 4.78 is 0. The third-order valence-electron chi connectivity index (χ3n) is 4.23. The summed E-state index contributed by atoms with van der Waals surface area (Å²) in [4.78, 5) is 19.7. The molecule has 1 aliphatic rings. The first-order valence-electron chi connectivity index (χ1n) is 7.98.